The molecule has 0 aromatic heterocycles. The summed E-state index contributed by atoms with van der Waals surface area (Å²) < 4.78 is 27.3. The van der Waals surface area contributed by atoms with Crippen LogP contribution in [0.5, 0.6) is 11.5 Å². The fourth-order valence-corrected chi connectivity index (χ4v) is 5.26. The van der Waals surface area contributed by atoms with E-state index < -0.39 is 16.1 Å². The molecule has 406 valence electrons. The molecule has 1 atom stereocenters. The molecule has 0 aliphatic carbocycles. The number of phenols is 2. The third kappa shape index (κ3) is 62.9. The van der Waals surface area contributed by atoms with Crippen LogP contribution in [0.15, 0.2) is 109 Å². The van der Waals surface area contributed by atoms with Crippen molar-refractivity contribution < 1.29 is 165 Å². The van der Waals surface area contributed by atoms with Gasteiger partial charge in [0.1, 0.15) is 11.5 Å². The standard InChI is InChI=1S/2C15H16O.C5H13NO.2C3H8O.CH4O6P2.CH2O2.3CH4O.2CH4.4Ti/c2*1-15(2,12-6-4-3-5-7-12)13-8-10-14(16)11-9-13;1-2-3-6-4-5-7;2*1-3(2)4;1-6-8(2)7-9(3,4)5;2-1-3;3*1-2;;;;;;/h2*3-11,16H,1-2H3;6-7H,2-5H2,1H3;2*3-4H,1-2H3;1H3,(H-,3,4,5);1H,(H,2,3);3*2H,1H3;2*1H4;;;;/p+1. The van der Waals surface area contributed by atoms with Gasteiger partial charge in [0.15, 0.2) is 0 Å². The van der Waals surface area contributed by atoms with Crippen LogP contribution in [0.25, 0.3) is 0 Å². The van der Waals surface area contributed by atoms with Crippen LogP contribution in [0, 0.1) is 0 Å². The summed E-state index contributed by atoms with van der Waals surface area (Å²) in [6.07, 6.45) is 0.806. The fraction of sp³-hybridized carbons (Fsp3) is 0.479. The Bertz CT molecular complexity index is 1570. The molecule has 1 unspecified atom stereocenters. The summed E-state index contributed by atoms with van der Waals surface area (Å²) in [7, 11) is -3.32. The molecule has 0 heterocycles. The molecular formula is C48H88NO16P2Ti4+. The molecule has 17 nitrogen and oxygen atoms in total. The quantitative estimate of drug-likeness (QED) is 0.0290. The number of benzene rings is 4. The largest absolute Gasteiger partial charge is 0.708 e. The minimum atomic E-state index is -4.65. The number of phosphoric acid groups is 1. The van der Waals surface area contributed by atoms with Crippen LogP contribution in [0.3, 0.4) is 0 Å². The molecule has 0 bridgehead atoms. The molecule has 0 saturated heterocycles. The van der Waals surface area contributed by atoms with Crippen molar-refractivity contribution in [3.8, 4) is 11.5 Å². The molecule has 71 heavy (non-hydrogen) atoms. The molecule has 0 radical (unpaired) electrons. The summed E-state index contributed by atoms with van der Waals surface area (Å²) in [5.74, 6) is 0.625. The third-order valence-corrected chi connectivity index (χ3v) is 8.89. The van der Waals surface area contributed by atoms with Gasteiger partial charge >= 0.3 is 16.1 Å². The maximum atomic E-state index is 10.0. The first-order valence-electron chi connectivity index (χ1n) is 20.0. The Morgan fingerprint density at radius 3 is 1.03 bits per heavy atom. The molecule has 0 fully saturated rings. The summed E-state index contributed by atoms with van der Waals surface area (Å²) in [6.45, 7) is 19.5. The van der Waals surface area contributed by atoms with E-state index >= 15 is 0 Å². The van der Waals surface area contributed by atoms with E-state index in [4.69, 9.17) is 50.3 Å². The van der Waals surface area contributed by atoms with Crippen molar-refractivity contribution >= 4 is 22.5 Å². The van der Waals surface area contributed by atoms with Crippen molar-refractivity contribution in [2.24, 2.45) is 0 Å². The van der Waals surface area contributed by atoms with Gasteiger partial charge < -0.3 is 61.1 Å². The van der Waals surface area contributed by atoms with Gasteiger partial charge in [-0.05, 0) is 91.5 Å². The van der Waals surface area contributed by atoms with E-state index in [9.17, 15) is 19.3 Å². The van der Waals surface area contributed by atoms with Gasteiger partial charge in [0.2, 0.25) is 0 Å². The Labute approximate surface area is 487 Å². The predicted molar refractivity (Wildman–Crippen MR) is 273 cm³/mol. The molecule has 23 heteroatoms. The monoisotopic (exact) mass is 1190 g/mol. The second-order valence-corrected chi connectivity index (χ2v) is 16.3. The van der Waals surface area contributed by atoms with Gasteiger partial charge in [-0.3, -0.25) is 4.79 Å². The average molecular weight is 1190 g/mol. The molecule has 0 aliphatic heterocycles. The molecule has 0 amide bonds. The van der Waals surface area contributed by atoms with Gasteiger partial charge in [0.25, 0.3) is 6.47 Å². The van der Waals surface area contributed by atoms with Gasteiger partial charge in [-0.15, -0.1) is 4.52 Å². The number of aliphatic hydroxyl groups excluding tert-OH is 6. The first-order chi connectivity index (χ1) is 30.5. The number of hydrogen-bond donors (Lipinski definition) is 12. The SMILES string of the molecule is C.C.CC(C)(c1ccccc1)c1ccc(O)cc1.CC(C)(c1ccccc1)c1ccc(O)cc1.CC(C)O.CC(C)O.CCCNCCO.CO.CO.CO.CO[P+](=O)OP(=O)(O)O.O=CO.[Ti].[Ti].[Ti].[Ti]. The molecule has 0 spiro atoms. The Hall–Kier alpha value is -1.30. The molecule has 4 aromatic carbocycles. The maximum Gasteiger partial charge on any atom is 0.708 e. The Balaban J connectivity index is -0.0000000592. The number of aliphatic hydroxyl groups is 6. The molecule has 4 rings (SSSR count). The zero-order chi connectivity index (χ0) is 52.1. The van der Waals surface area contributed by atoms with Crippen molar-refractivity contribution in [1.82, 2.24) is 5.32 Å². The van der Waals surface area contributed by atoms with Gasteiger partial charge in [-0.2, -0.15) is 0 Å². The van der Waals surface area contributed by atoms with Gasteiger partial charge in [0.05, 0.1) is 13.7 Å². The van der Waals surface area contributed by atoms with E-state index in [1.807, 2.05) is 36.4 Å². The number of rotatable bonds is 11. The van der Waals surface area contributed by atoms with Gasteiger partial charge in [0, 0.05) is 142 Å². The van der Waals surface area contributed by atoms with E-state index in [0.717, 1.165) is 47.9 Å². The minimum absolute atomic E-state index is 0. The number of hydrogen-bond acceptors (Lipinski definition) is 14. The average Bonchev–Trinajstić information content (AvgIpc) is 3.27. The number of carbonyl (C=O) groups is 1. The minimum Gasteiger partial charge on any atom is -0.508 e. The number of nitrogens with one attached hydrogen (secondary N) is 1. The van der Waals surface area contributed by atoms with E-state index in [2.05, 4.69) is 97.3 Å². The molecule has 0 saturated carbocycles. The summed E-state index contributed by atoms with van der Waals surface area (Å²) in [4.78, 5) is 24.2. The van der Waals surface area contributed by atoms with Crippen molar-refractivity contribution in [3.05, 3.63) is 131 Å². The van der Waals surface area contributed by atoms with Crippen LogP contribution in [0.1, 0.15) is 106 Å². The van der Waals surface area contributed by atoms with Gasteiger partial charge in [-0.25, -0.2) is 4.57 Å². The van der Waals surface area contributed by atoms with E-state index in [1.165, 1.54) is 22.3 Å². The molecular weight excluding hydrogens is 1100 g/mol. The summed E-state index contributed by atoms with van der Waals surface area (Å²) in [5, 5.41) is 73.9. The topological polar surface area (TPSA) is 304 Å². The second kappa shape index (κ2) is 64.8. The van der Waals surface area contributed by atoms with Crippen LogP contribution in [0.2, 0.25) is 0 Å². The van der Waals surface area contributed by atoms with E-state index in [0.29, 0.717) is 11.5 Å². The van der Waals surface area contributed by atoms with Crippen molar-refractivity contribution in [3.63, 3.8) is 0 Å². The number of phenolic OH excluding ortho intramolecular Hbond substituents is 2. The number of aromatic hydroxyl groups is 2. The van der Waals surface area contributed by atoms with Gasteiger partial charge in [-0.1, -0.05) is 134 Å². The Morgan fingerprint density at radius 2 is 0.845 bits per heavy atom. The van der Waals surface area contributed by atoms with Crippen molar-refractivity contribution in [2.45, 2.75) is 107 Å². The summed E-state index contributed by atoms with van der Waals surface area (Å²) in [6, 6.07) is 35.6. The van der Waals surface area contributed by atoms with Crippen LogP contribution in [-0.4, -0.2) is 123 Å². The smallest absolute Gasteiger partial charge is 0.508 e. The zero-order valence-electron chi connectivity index (χ0n) is 42.3. The second-order valence-electron chi connectivity index (χ2n) is 13.8. The van der Waals surface area contributed by atoms with Crippen LogP contribution in [0.4, 0.5) is 0 Å². The Morgan fingerprint density at radius 1 is 0.606 bits per heavy atom. The molecule has 12 N–H and O–H groups in total. The molecule has 0 aliphatic rings. The first kappa shape index (κ1) is 98.8. The first-order valence-corrected chi connectivity index (χ1v) is 22.6. The fourth-order valence-electron chi connectivity index (χ4n) is 4.30. The zero-order valence-corrected chi connectivity index (χ0v) is 50.3. The van der Waals surface area contributed by atoms with Crippen molar-refractivity contribution in [1.29, 1.82) is 0 Å². The molecule has 4 aromatic rings. The number of carboxylic acid groups (broad SMARTS) is 1. The predicted octanol–water partition coefficient (Wildman–Crippen LogP) is 8.38. The maximum absolute atomic E-state index is 10.0. The van der Waals surface area contributed by atoms with Crippen LogP contribution < -0.4 is 5.32 Å². The normalized spacial score (nSPS) is 9.20. The van der Waals surface area contributed by atoms with E-state index in [1.54, 1.807) is 52.0 Å². The van der Waals surface area contributed by atoms with Crippen molar-refractivity contribution in [2.75, 3.05) is 48.1 Å². The summed E-state index contributed by atoms with van der Waals surface area (Å²) in [5.41, 5.74) is 4.90. The summed E-state index contributed by atoms with van der Waals surface area (Å²) >= 11 is 0. The van der Waals surface area contributed by atoms with Crippen LogP contribution in [-0.2, 0) is 120 Å². The Kier molecular flexibility index (Phi) is 90.2. The third-order valence-electron chi connectivity index (χ3n) is 7.21. The van der Waals surface area contributed by atoms with Crippen LogP contribution >= 0.6 is 16.1 Å². The van der Waals surface area contributed by atoms with E-state index in [-0.39, 0.29) is 138 Å².